The molecule has 0 bridgehead atoms. The van der Waals surface area contributed by atoms with Gasteiger partial charge in [-0.2, -0.15) is 0 Å². The molecule has 0 atom stereocenters. The Labute approximate surface area is 135 Å². The first-order valence-electron chi connectivity index (χ1n) is 6.87. The number of carbonyl (C=O) groups excluding carboxylic acids is 1. The van der Waals surface area contributed by atoms with Crippen molar-refractivity contribution in [1.82, 2.24) is 0 Å². The number of benzene rings is 2. The van der Waals surface area contributed by atoms with Crippen molar-refractivity contribution in [2.24, 2.45) is 0 Å². The van der Waals surface area contributed by atoms with E-state index < -0.39 is 10.0 Å². The van der Waals surface area contributed by atoms with Crippen LogP contribution in [0.3, 0.4) is 0 Å². The van der Waals surface area contributed by atoms with Gasteiger partial charge in [0.2, 0.25) is 5.91 Å². The fourth-order valence-electron chi connectivity index (χ4n) is 2.01. The van der Waals surface area contributed by atoms with Crippen molar-refractivity contribution in [3.63, 3.8) is 0 Å². The quantitative estimate of drug-likeness (QED) is 0.880. The minimum atomic E-state index is -3.70. The number of anilines is 2. The van der Waals surface area contributed by atoms with Gasteiger partial charge in [-0.15, -0.1) is 0 Å². The predicted octanol–water partition coefficient (Wildman–Crippen LogP) is 2.76. The van der Waals surface area contributed by atoms with Crippen LogP contribution in [-0.2, 0) is 14.8 Å². The van der Waals surface area contributed by atoms with Gasteiger partial charge in [0.05, 0.1) is 12.0 Å². The van der Waals surface area contributed by atoms with E-state index in [4.69, 9.17) is 4.74 Å². The molecule has 0 aliphatic rings. The average molecular weight is 334 g/mol. The summed E-state index contributed by atoms with van der Waals surface area (Å²) in [6.45, 7) is 3.13. The molecular formula is C16H18N2O4S. The highest BCUT2D eigenvalue weighted by Gasteiger charge is 2.15. The molecule has 2 N–H and O–H groups in total. The number of ether oxygens (including phenoxy) is 1. The summed E-state index contributed by atoms with van der Waals surface area (Å²) < 4.78 is 32.4. The molecule has 0 unspecified atom stereocenters. The van der Waals surface area contributed by atoms with E-state index in [-0.39, 0.29) is 10.8 Å². The van der Waals surface area contributed by atoms with Gasteiger partial charge in [-0.3, -0.25) is 9.52 Å². The molecule has 0 spiro atoms. The van der Waals surface area contributed by atoms with Crippen molar-refractivity contribution in [3.05, 3.63) is 48.0 Å². The zero-order chi connectivity index (χ0) is 17.0. The molecule has 0 aromatic heterocycles. The molecule has 2 aromatic carbocycles. The summed E-state index contributed by atoms with van der Waals surface area (Å²) in [6, 6.07) is 11.1. The van der Waals surface area contributed by atoms with Gasteiger partial charge >= 0.3 is 0 Å². The van der Waals surface area contributed by atoms with Crippen LogP contribution in [0.2, 0.25) is 0 Å². The molecule has 0 saturated carbocycles. The minimum Gasteiger partial charge on any atom is -0.497 e. The number of hydrogen-bond donors (Lipinski definition) is 2. The summed E-state index contributed by atoms with van der Waals surface area (Å²) in [7, 11) is -2.16. The van der Waals surface area contributed by atoms with Crippen molar-refractivity contribution in [2.75, 3.05) is 17.1 Å². The number of amides is 1. The topological polar surface area (TPSA) is 84.5 Å². The van der Waals surface area contributed by atoms with Crippen LogP contribution in [0.4, 0.5) is 11.4 Å². The maximum Gasteiger partial charge on any atom is 0.261 e. The lowest BCUT2D eigenvalue weighted by molar-refractivity contribution is -0.114. The Morgan fingerprint density at radius 2 is 1.74 bits per heavy atom. The van der Waals surface area contributed by atoms with Crippen molar-refractivity contribution in [1.29, 1.82) is 0 Å². The third-order valence-electron chi connectivity index (χ3n) is 3.16. The maximum absolute atomic E-state index is 12.4. The van der Waals surface area contributed by atoms with Gasteiger partial charge in [-0.05, 0) is 55.0 Å². The lowest BCUT2D eigenvalue weighted by Crippen LogP contribution is -2.14. The Hall–Kier alpha value is -2.54. The fraction of sp³-hybridized carbons (Fsp3) is 0.188. The molecule has 2 aromatic rings. The second-order valence-electron chi connectivity index (χ2n) is 4.99. The Kier molecular flexibility index (Phi) is 4.90. The van der Waals surface area contributed by atoms with Crippen LogP contribution in [0.1, 0.15) is 12.5 Å². The van der Waals surface area contributed by atoms with Gasteiger partial charge in [-0.25, -0.2) is 8.42 Å². The second kappa shape index (κ2) is 6.70. The first kappa shape index (κ1) is 16.8. The molecule has 0 aliphatic heterocycles. The van der Waals surface area contributed by atoms with Crippen molar-refractivity contribution in [3.8, 4) is 5.75 Å². The smallest absolute Gasteiger partial charge is 0.261 e. The molecule has 0 heterocycles. The summed E-state index contributed by atoms with van der Waals surface area (Å²) in [5.74, 6) is 0.434. The highest BCUT2D eigenvalue weighted by Crippen LogP contribution is 2.23. The SMILES string of the molecule is COc1ccc(NS(=O)(=O)c2ccc(NC(C)=O)c(C)c2)cc1. The van der Waals surface area contributed by atoms with Crippen molar-refractivity contribution < 1.29 is 17.9 Å². The highest BCUT2D eigenvalue weighted by atomic mass is 32.2. The Morgan fingerprint density at radius 1 is 1.09 bits per heavy atom. The summed E-state index contributed by atoms with van der Waals surface area (Å²) in [4.78, 5) is 11.2. The third-order valence-corrected chi connectivity index (χ3v) is 4.54. The molecule has 6 nitrogen and oxygen atoms in total. The van der Waals surface area contributed by atoms with Gasteiger partial charge in [0.25, 0.3) is 10.0 Å². The van der Waals surface area contributed by atoms with E-state index >= 15 is 0 Å². The molecule has 0 fully saturated rings. The molecule has 1 amide bonds. The number of carbonyl (C=O) groups is 1. The molecule has 0 saturated heterocycles. The standard InChI is InChI=1S/C16H18N2O4S/c1-11-10-15(8-9-16(11)17-12(2)19)23(20,21)18-13-4-6-14(22-3)7-5-13/h4-10,18H,1-3H3,(H,17,19). The van der Waals surface area contributed by atoms with Gasteiger partial charge in [0, 0.05) is 18.3 Å². The largest absolute Gasteiger partial charge is 0.497 e. The van der Waals surface area contributed by atoms with E-state index in [1.807, 2.05) is 0 Å². The number of nitrogens with one attached hydrogen (secondary N) is 2. The Bertz CT molecular complexity index is 814. The molecule has 0 radical (unpaired) electrons. The lowest BCUT2D eigenvalue weighted by atomic mass is 10.2. The molecule has 122 valence electrons. The Morgan fingerprint density at radius 3 is 2.26 bits per heavy atom. The molecular weight excluding hydrogens is 316 g/mol. The van der Waals surface area contributed by atoms with Crippen molar-refractivity contribution >= 4 is 27.3 Å². The number of hydrogen-bond acceptors (Lipinski definition) is 4. The summed E-state index contributed by atoms with van der Waals surface area (Å²) in [5, 5.41) is 2.65. The number of methoxy groups -OCH3 is 1. The minimum absolute atomic E-state index is 0.125. The maximum atomic E-state index is 12.4. The first-order valence-corrected chi connectivity index (χ1v) is 8.35. The fourth-order valence-corrected chi connectivity index (χ4v) is 3.15. The predicted molar refractivity (Wildman–Crippen MR) is 89.3 cm³/mol. The van der Waals surface area contributed by atoms with Crippen LogP contribution in [0.5, 0.6) is 5.75 Å². The highest BCUT2D eigenvalue weighted by molar-refractivity contribution is 7.92. The molecule has 2 rings (SSSR count). The summed E-state index contributed by atoms with van der Waals surface area (Å²) in [5.41, 5.74) is 1.69. The van der Waals surface area contributed by atoms with Crippen LogP contribution in [0.15, 0.2) is 47.4 Å². The van der Waals surface area contributed by atoms with E-state index in [9.17, 15) is 13.2 Å². The van der Waals surface area contributed by atoms with Crippen LogP contribution in [0.25, 0.3) is 0 Å². The van der Waals surface area contributed by atoms with Gasteiger partial charge in [-0.1, -0.05) is 0 Å². The lowest BCUT2D eigenvalue weighted by Gasteiger charge is -2.11. The zero-order valence-electron chi connectivity index (χ0n) is 13.1. The van der Waals surface area contributed by atoms with Crippen LogP contribution in [0, 0.1) is 6.92 Å². The van der Waals surface area contributed by atoms with Crippen LogP contribution < -0.4 is 14.8 Å². The van der Waals surface area contributed by atoms with E-state index in [0.29, 0.717) is 22.7 Å². The molecule has 7 heteroatoms. The first-order chi connectivity index (χ1) is 10.8. The van der Waals surface area contributed by atoms with Crippen LogP contribution >= 0.6 is 0 Å². The number of rotatable bonds is 5. The monoisotopic (exact) mass is 334 g/mol. The summed E-state index contributed by atoms with van der Waals surface area (Å²) in [6.07, 6.45) is 0. The summed E-state index contributed by atoms with van der Waals surface area (Å²) >= 11 is 0. The zero-order valence-corrected chi connectivity index (χ0v) is 13.9. The van der Waals surface area contributed by atoms with E-state index in [1.54, 1.807) is 44.4 Å². The third kappa shape index (κ3) is 4.23. The Balaban J connectivity index is 2.24. The van der Waals surface area contributed by atoms with E-state index in [0.717, 1.165) is 0 Å². The molecule has 23 heavy (non-hydrogen) atoms. The van der Waals surface area contributed by atoms with Gasteiger partial charge in [0.1, 0.15) is 5.75 Å². The molecule has 0 aliphatic carbocycles. The van der Waals surface area contributed by atoms with Gasteiger partial charge in [0.15, 0.2) is 0 Å². The van der Waals surface area contributed by atoms with E-state index in [2.05, 4.69) is 10.0 Å². The number of sulfonamides is 1. The number of aryl methyl sites for hydroxylation is 1. The average Bonchev–Trinajstić information content (AvgIpc) is 2.49. The van der Waals surface area contributed by atoms with Crippen LogP contribution in [-0.4, -0.2) is 21.4 Å². The van der Waals surface area contributed by atoms with Gasteiger partial charge < -0.3 is 10.1 Å². The normalized spacial score (nSPS) is 10.9. The van der Waals surface area contributed by atoms with E-state index in [1.165, 1.54) is 19.1 Å². The second-order valence-corrected chi connectivity index (χ2v) is 6.67. The van der Waals surface area contributed by atoms with Crippen molar-refractivity contribution in [2.45, 2.75) is 18.7 Å².